The maximum atomic E-state index is 12.7. The zero-order valence-electron chi connectivity index (χ0n) is 9.98. The predicted octanol–water partition coefficient (Wildman–Crippen LogP) is 1.37. The highest BCUT2D eigenvalue weighted by molar-refractivity contribution is 5.98. The van der Waals surface area contributed by atoms with Crippen LogP contribution in [0.2, 0.25) is 0 Å². The molecule has 1 rings (SSSR count). The van der Waals surface area contributed by atoms with Gasteiger partial charge in [-0.15, -0.1) is 0 Å². The lowest BCUT2D eigenvalue weighted by molar-refractivity contribution is -0.140. The molecule has 0 fully saturated rings. The molecule has 0 aliphatic rings. The number of carbonyl (C=O) groups is 2. The van der Waals surface area contributed by atoms with Gasteiger partial charge in [0.25, 0.3) is 5.91 Å². The van der Waals surface area contributed by atoms with Crippen molar-refractivity contribution in [3.05, 3.63) is 29.6 Å². The molecule has 0 aromatic heterocycles. The number of benzene rings is 1. The summed E-state index contributed by atoms with van der Waals surface area (Å²) < 4.78 is 12.7. The Kier molecular flexibility index (Phi) is 4.25. The van der Waals surface area contributed by atoms with Gasteiger partial charge >= 0.3 is 5.97 Å². The molecule has 0 aliphatic heterocycles. The third kappa shape index (κ3) is 3.19. The number of hydrogen-bond acceptors (Lipinski definition) is 3. The number of phenolic OH excluding ortho intramolecular Hbond substituents is 1. The van der Waals surface area contributed by atoms with Crippen molar-refractivity contribution in [3.8, 4) is 5.75 Å². The van der Waals surface area contributed by atoms with Gasteiger partial charge in [-0.1, -0.05) is 13.8 Å². The smallest absolute Gasteiger partial charge is 0.326 e. The van der Waals surface area contributed by atoms with E-state index in [2.05, 4.69) is 5.32 Å². The monoisotopic (exact) mass is 255 g/mol. The van der Waals surface area contributed by atoms with Crippen molar-refractivity contribution >= 4 is 11.9 Å². The van der Waals surface area contributed by atoms with Gasteiger partial charge < -0.3 is 15.5 Å². The number of hydrogen-bond donors (Lipinski definition) is 3. The fraction of sp³-hybridized carbons (Fsp3) is 0.333. The summed E-state index contributed by atoms with van der Waals surface area (Å²) in [5, 5.41) is 20.6. The lowest BCUT2D eigenvalue weighted by Crippen LogP contribution is -2.44. The molecule has 1 aromatic rings. The number of nitrogens with one attached hydrogen (secondary N) is 1. The van der Waals surface area contributed by atoms with Crippen LogP contribution in [0.4, 0.5) is 4.39 Å². The van der Waals surface area contributed by atoms with Gasteiger partial charge in [0.15, 0.2) is 0 Å². The van der Waals surface area contributed by atoms with Crippen molar-refractivity contribution in [1.29, 1.82) is 0 Å². The van der Waals surface area contributed by atoms with Crippen molar-refractivity contribution in [2.24, 2.45) is 5.92 Å². The van der Waals surface area contributed by atoms with E-state index < -0.39 is 29.5 Å². The summed E-state index contributed by atoms with van der Waals surface area (Å²) in [6.07, 6.45) is 0. The summed E-state index contributed by atoms with van der Waals surface area (Å²) in [5.74, 6) is -3.44. The Bertz CT molecular complexity index is 473. The molecule has 98 valence electrons. The third-order valence-corrected chi connectivity index (χ3v) is 2.42. The van der Waals surface area contributed by atoms with E-state index in [4.69, 9.17) is 5.11 Å². The lowest BCUT2D eigenvalue weighted by Gasteiger charge is -2.18. The van der Waals surface area contributed by atoms with Crippen LogP contribution < -0.4 is 5.32 Å². The van der Waals surface area contributed by atoms with Crippen LogP contribution in [-0.2, 0) is 4.79 Å². The summed E-state index contributed by atoms with van der Waals surface area (Å²) >= 11 is 0. The summed E-state index contributed by atoms with van der Waals surface area (Å²) in [7, 11) is 0. The molecule has 3 N–H and O–H groups in total. The van der Waals surface area contributed by atoms with E-state index in [-0.39, 0.29) is 11.5 Å². The molecule has 1 amide bonds. The molecule has 5 nitrogen and oxygen atoms in total. The van der Waals surface area contributed by atoms with E-state index >= 15 is 0 Å². The summed E-state index contributed by atoms with van der Waals surface area (Å²) in [5.41, 5.74) is -0.164. The van der Waals surface area contributed by atoms with Crippen molar-refractivity contribution in [1.82, 2.24) is 5.32 Å². The van der Waals surface area contributed by atoms with E-state index in [9.17, 15) is 19.1 Å². The fourth-order valence-corrected chi connectivity index (χ4v) is 1.43. The second-order valence-corrected chi connectivity index (χ2v) is 4.19. The van der Waals surface area contributed by atoms with E-state index in [1.54, 1.807) is 13.8 Å². The second-order valence-electron chi connectivity index (χ2n) is 4.19. The maximum absolute atomic E-state index is 12.7. The van der Waals surface area contributed by atoms with Crippen LogP contribution in [0.5, 0.6) is 5.75 Å². The maximum Gasteiger partial charge on any atom is 0.326 e. The van der Waals surface area contributed by atoms with Crippen LogP contribution in [0.3, 0.4) is 0 Å². The SMILES string of the molecule is CC(C)C(NC(=O)c1ccc(F)cc1O)C(=O)O. The number of amides is 1. The van der Waals surface area contributed by atoms with Crippen molar-refractivity contribution in [3.63, 3.8) is 0 Å². The molecule has 1 aromatic carbocycles. The first-order valence-electron chi connectivity index (χ1n) is 5.35. The van der Waals surface area contributed by atoms with Gasteiger partial charge in [-0.05, 0) is 18.1 Å². The quantitative estimate of drug-likeness (QED) is 0.758. The number of phenols is 1. The number of rotatable bonds is 4. The topological polar surface area (TPSA) is 86.6 Å². The molecule has 0 aliphatic carbocycles. The van der Waals surface area contributed by atoms with Crippen LogP contribution in [0.15, 0.2) is 18.2 Å². The molecular formula is C12H14FNO4. The standard InChI is InChI=1S/C12H14FNO4/c1-6(2)10(12(17)18)14-11(16)8-4-3-7(13)5-9(8)15/h3-6,10,15H,1-2H3,(H,14,16)(H,17,18). The number of aliphatic carboxylic acids is 1. The highest BCUT2D eigenvalue weighted by Crippen LogP contribution is 2.18. The van der Waals surface area contributed by atoms with E-state index in [1.165, 1.54) is 0 Å². The number of carbonyl (C=O) groups excluding carboxylic acids is 1. The zero-order chi connectivity index (χ0) is 13.9. The average molecular weight is 255 g/mol. The average Bonchev–Trinajstić information content (AvgIpc) is 2.24. The zero-order valence-corrected chi connectivity index (χ0v) is 9.98. The van der Waals surface area contributed by atoms with Gasteiger partial charge in [0.2, 0.25) is 0 Å². The summed E-state index contributed by atoms with van der Waals surface area (Å²) in [6.45, 7) is 3.28. The molecule has 1 atom stereocenters. The van der Waals surface area contributed by atoms with Crippen LogP contribution in [0.25, 0.3) is 0 Å². The third-order valence-electron chi connectivity index (χ3n) is 2.42. The number of aromatic hydroxyl groups is 1. The molecule has 6 heteroatoms. The van der Waals surface area contributed by atoms with Crippen molar-refractivity contribution < 1.29 is 24.2 Å². The van der Waals surface area contributed by atoms with Gasteiger partial charge in [-0.3, -0.25) is 4.79 Å². The Morgan fingerprint density at radius 3 is 2.39 bits per heavy atom. The Morgan fingerprint density at radius 2 is 1.94 bits per heavy atom. The Balaban J connectivity index is 2.91. The summed E-state index contributed by atoms with van der Waals surface area (Å²) in [4.78, 5) is 22.6. The predicted molar refractivity (Wildman–Crippen MR) is 61.8 cm³/mol. The van der Waals surface area contributed by atoms with Gasteiger partial charge in [0.1, 0.15) is 17.6 Å². The number of carboxylic acid groups (broad SMARTS) is 1. The highest BCUT2D eigenvalue weighted by Gasteiger charge is 2.25. The minimum absolute atomic E-state index is 0.164. The van der Waals surface area contributed by atoms with Crippen molar-refractivity contribution in [2.75, 3.05) is 0 Å². The van der Waals surface area contributed by atoms with Gasteiger partial charge in [-0.2, -0.15) is 0 Å². The molecule has 0 saturated heterocycles. The van der Waals surface area contributed by atoms with Crippen LogP contribution >= 0.6 is 0 Å². The number of halogens is 1. The van der Waals surface area contributed by atoms with E-state index in [0.717, 1.165) is 18.2 Å². The van der Waals surface area contributed by atoms with Crippen LogP contribution in [0.1, 0.15) is 24.2 Å². The first-order chi connectivity index (χ1) is 8.32. The lowest BCUT2D eigenvalue weighted by atomic mass is 10.0. The van der Waals surface area contributed by atoms with E-state index in [1.807, 2.05) is 0 Å². The Labute approximate surface area is 103 Å². The van der Waals surface area contributed by atoms with E-state index in [0.29, 0.717) is 0 Å². The largest absolute Gasteiger partial charge is 0.507 e. The molecule has 18 heavy (non-hydrogen) atoms. The van der Waals surface area contributed by atoms with Crippen LogP contribution in [0, 0.1) is 11.7 Å². The van der Waals surface area contributed by atoms with Gasteiger partial charge in [0, 0.05) is 6.07 Å². The molecular weight excluding hydrogens is 241 g/mol. The van der Waals surface area contributed by atoms with Gasteiger partial charge in [-0.25, -0.2) is 9.18 Å². The van der Waals surface area contributed by atoms with Gasteiger partial charge in [0.05, 0.1) is 5.56 Å². The minimum atomic E-state index is -1.17. The van der Waals surface area contributed by atoms with Crippen molar-refractivity contribution in [2.45, 2.75) is 19.9 Å². The molecule has 0 radical (unpaired) electrons. The molecule has 0 spiro atoms. The Hall–Kier alpha value is -2.11. The molecule has 0 heterocycles. The highest BCUT2D eigenvalue weighted by atomic mass is 19.1. The van der Waals surface area contributed by atoms with Crippen LogP contribution in [-0.4, -0.2) is 28.1 Å². The minimum Gasteiger partial charge on any atom is -0.507 e. The molecule has 1 unspecified atom stereocenters. The normalized spacial score (nSPS) is 12.2. The first kappa shape index (κ1) is 14.0. The summed E-state index contributed by atoms with van der Waals surface area (Å²) in [6, 6.07) is 1.83. The fourth-order valence-electron chi connectivity index (χ4n) is 1.43. The molecule has 0 bridgehead atoms. The Morgan fingerprint density at radius 1 is 1.33 bits per heavy atom. The first-order valence-corrected chi connectivity index (χ1v) is 5.35. The second kappa shape index (κ2) is 5.48. The molecule has 0 saturated carbocycles. The number of carboxylic acids is 1.